The quantitative estimate of drug-likeness (QED) is 0.759. The monoisotopic (exact) mass is 312 g/mol. The molecule has 2 aromatic carbocycles. The summed E-state index contributed by atoms with van der Waals surface area (Å²) in [7, 11) is 0. The van der Waals surface area contributed by atoms with Gasteiger partial charge in [-0.15, -0.1) is 0 Å². The molecule has 23 heavy (non-hydrogen) atoms. The summed E-state index contributed by atoms with van der Waals surface area (Å²) >= 11 is 0. The first-order chi connectivity index (χ1) is 11.1. The molecule has 0 saturated heterocycles. The summed E-state index contributed by atoms with van der Waals surface area (Å²) in [4.78, 5) is 12.0. The highest BCUT2D eigenvalue weighted by Crippen LogP contribution is 2.18. The van der Waals surface area contributed by atoms with Gasteiger partial charge >= 0.3 is 0 Å². The predicted octanol–water partition coefficient (Wildman–Crippen LogP) is 4.02. The van der Waals surface area contributed by atoms with Crippen molar-refractivity contribution in [3.8, 4) is 5.75 Å². The molecule has 2 aromatic rings. The second-order valence-electron chi connectivity index (χ2n) is 5.65. The number of carbonyl (C=O) groups excluding carboxylic acids is 1. The van der Waals surface area contributed by atoms with Gasteiger partial charge in [-0.05, 0) is 61.7 Å². The van der Waals surface area contributed by atoms with Gasteiger partial charge < -0.3 is 15.8 Å². The Morgan fingerprint density at radius 2 is 1.78 bits per heavy atom. The topological polar surface area (TPSA) is 64.3 Å². The average Bonchev–Trinajstić information content (AvgIpc) is 2.56. The van der Waals surface area contributed by atoms with Crippen molar-refractivity contribution in [3.05, 3.63) is 54.1 Å². The van der Waals surface area contributed by atoms with Crippen LogP contribution in [0.3, 0.4) is 0 Å². The number of ether oxygens (including phenoxy) is 1. The van der Waals surface area contributed by atoms with E-state index in [1.165, 1.54) is 0 Å². The van der Waals surface area contributed by atoms with Crippen LogP contribution in [0.25, 0.3) is 0 Å². The lowest BCUT2D eigenvalue weighted by atomic mass is 10.1. The van der Waals surface area contributed by atoms with Gasteiger partial charge in [0.2, 0.25) is 5.91 Å². The van der Waals surface area contributed by atoms with E-state index in [4.69, 9.17) is 10.5 Å². The maximum atomic E-state index is 12.0. The Hall–Kier alpha value is -2.49. The molecule has 0 radical (unpaired) electrons. The first-order valence-corrected chi connectivity index (χ1v) is 7.98. The van der Waals surface area contributed by atoms with E-state index in [0.717, 1.165) is 29.1 Å². The summed E-state index contributed by atoms with van der Waals surface area (Å²) in [5.74, 6) is 0.816. The van der Waals surface area contributed by atoms with Crippen LogP contribution < -0.4 is 15.8 Å². The third-order valence-corrected chi connectivity index (χ3v) is 3.67. The molecule has 0 bridgehead atoms. The zero-order valence-electron chi connectivity index (χ0n) is 13.7. The number of aryl methyl sites for hydroxylation is 1. The number of nitrogens with one attached hydrogen (secondary N) is 1. The molecular formula is C19H24N2O2. The molecule has 1 amide bonds. The maximum absolute atomic E-state index is 12.0. The Balaban J connectivity index is 1.81. The fraction of sp³-hybridized carbons (Fsp3) is 0.316. The van der Waals surface area contributed by atoms with Gasteiger partial charge in [0.15, 0.2) is 0 Å². The number of amides is 1. The normalized spacial score (nSPS) is 11.7. The lowest BCUT2D eigenvalue weighted by Crippen LogP contribution is -2.12. The number of rotatable bonds is 7. The van der Waals surface area contributed by atoms with E-state index >= 15 is 0 Å². The van der Waals surface area contributed by atoms with Crippen LogP contribution >= 0.6 is 0 Å². The lowest BCUT2D eigenvalue weighted by Gasteiger charge is -2.13. The molecule has 1 atom stereocenters. The molecule has 0 spiro atoms. The zero-order chi connectivity index (χ0) is 16.7. The van der Waals surface area contributed by atoms with E-state index in [-0.39, 0.29) is 12.0 Å². The van der Waals surface area contributed by atoms with E-state index < -0.39 is 0 Å². The molecular weight excluding hydrogens is 288 g/mol. The molecule has 0 aliphatic carbocycles. The Morgan fingerprint density at radius 1 is 1.13 bits per heavy atom. The molecule has 2 rings (SSSR count). The molecule has 122 valence electrons. The minimum Gasteiger partial charge on any atom is -0.491 e. The third kappa shape index (κ3) is 5.66. The fourth-order valence-electron chi connectivity index (χ4n) is 2.10. The molecule has 4 nitrogen and oxygen atoms in total. The fourth-order valence-corrected chi connectivity index (χ4v) is 2.10. The molecule has 0 heterocycles. The van der Waals surface area contributed by atoms with Crippen molar-refractivity contribution in [2.45, 2.75) is 39.2 Å². The van der Waals surface area contributed by atoms with Crippen LogP contribution in [0.1, 0.15) is 32.3 Å². The first-order valence-electron chi connectivity index (χ1n) is 7.98. The Morgan fingerprint density at radius 3 is 2.39 bits per heavy atom. The molecule has 1 unspecified atom stereocenters. The molecule has 0 aromatic heterocycles. The van der Waals surface area contributed by atoms with Crippen molar-refractivity contribution in [1.82, 2.24) is 0 Å². The van der Waals surface area contributed by atoms with E-state index in [0.29, 0.717) is 12.8 Å². The van der Waals surface area contributed by atoms with E-state index in [1.807, 2.05) is 55.5 Å². The van der Waals surface area contributed by atoms with Crippen molar-refractivity contribution in [3.63, 3.8) is 0 Å². The highest BCUT2D eigenvalue weighted by Gasteiger charge is 2.05. The van der Waals surface area contributed by atoms with Gasteiger partial charge in [0.25, 0.3) is 0 Å². The zero-order valence-corrected chi connectivity index (χ0v) is 13.7. The van der Waals surface area contributed by atoms with Gasteiger partial charge in [-0.2, -0.15) is 0 Å². The van der Waals surface area contributed by atoms with E-state index in [9.17, 15) is 4.79 Å². The highest BCUT2D eigenvalue weighted by molar-refractivity contribution is 5.90. The molecule has 0 aliphatic rings. The van der Waals surface area contributed by atoms with E-state index in [1.54, 1.807) is 0 Å². The van der Waals surface area contributed by atoms with Crippen molar-refractivity contribution in [2.75, 3.05) is 11.1 Å². The second-order valence-corrected chi connectivity index (χ2v) is 5.65. The van der Waals surface area contributed by atoms with Crippen LogP contribution in [0.5, 0.6) is 5.75 Å². The molecule has 0 saturated carbocycles. The van der Waals surface area contributed by atoms with Crippen LogP contribution in [0.2, 0.25) is 0 Å². The number of benzene rings is 2. The summed E-state index contributed by atoms with van der Waals surface area (Å²) < 4.78 is 5.72. The van der Waals surface area contributed by atoms with Gasteiger partial charge in [-0.25, -0.2) is 0 Å². The van der Waals surface area contributed by atoms with Gasteiger partial charge in [-0.3, -0.25) is 4.79 Å². The average molecular weight is 312 g/mol. The standard InChI is InChI=1S/C19H24N2O2/c1-3-14(2)23-18-11-9-17(10-12-18)21-19(22)13-6-15-4-7-16(20)8-5-15/h4-5,7-12,14H,3,6,13,20H2,1-2H3,(H,21,22). The Bertz CT molecular complexity index is 621. The van der Waals surface area contributed by atoms with E-state index in [2.05, 4.69) is 12.2 Å². The van der Waals surface area contributed by atoms with Crippen molar-refractivity contribution in [2.24, 2.45) is 0 Å². The molecule has 0 aliphatic heterocycles. The Kier molecular flexibility index (Phi) is 6.03. The highest BCUT2D eigenvalue weighted by atomic mass is 16.5. The van der Waals surface area contributed by atoms with Gasteiger partial charge in [0, 0.05) is 17.8 Å². The van der Waals surface area contributed by atoms with Crippen LogP contribution in [0, 0.1) is 0 Å². The van der Waals surface area contributed by atoms with Crippen LogP contribution in [-0.4, -0.2) is 12.0 Å². The Labute approximate surface area is 137 Å². The number of anilines is 2. The summed E-state index contributed by atoms with van der Waals surface area (Å²) in [6.07, 6.45) is 2.29. The predicted molar refractivity (Wildman–Crippen MR) is 94.6 cm³/mol. The van der Waals surface area contributed by atoms with Crippen molar-refractivity contribution in [1.29, 1.82) is 0 Å². The minimum absolute atomic E-state index is 0.00239. The van der Waals surface area contributed by atoms with Crippen molar-refractivity contribution < 1.29 is 9.53 Å². The lowest BCUT2D eigenvalue weighted by molar-refractivity contribution is -0.116. The summed E-state index contributed by atoms with van der Waals surface area (Å²) in [5, 5.41) is 2.90. The largest absolute Gasteiger partial charge is 0.491 e. The maximum Gasteiger partial charge on any atom is 0.224 e. The first kappa shape index (κ1) is 16.9. The molecule has 4 heteroatoms. The SMILES string of the molecule is CCC(C)Oc1ccc(NC(=O)CCc2ccc(N)cc2)cc1. The molecule has 3 N–H and O–H groups in total. The second kappa shape index (κ2) is 8.22. The number of hydrogen-bond donors (Lipinski definition) is 2. The number of hydrogen-bond acceptors (Lipinski definition) is 3. The summed E-state index contributed by atoms with van der Waals surface area (Å²) in [6, 6.07) is 15.1. The number of nitrogen functional groups attached to an aromatic ring is 1. The van der Waals surface area contributed by atoms with Gasteiger partial charge in [0.1, 0.15) is 5.75 Å². The van der Waals surface area contributed by atoms with Crippen LogP contribution in [-0.2, 0) is 11.2 Å². The number of carbonyl (C=O) groups is 1. The van der Waals surface area contributed by atoms with Crippen LogP contribution in [0.4, 0.5) is 11.4 Å². The third-order valence-electron chi connectivity index (χ3n) is 3.67. The molecule has 0 fully saturated rings. The number of nitrogens with two attached hydrogens (primary N) is 1. The minimum atomic E-state index is -0.00239. The summed E-state index contributed by atoms with van der Waals surface area (Å²) in [5.41, 5.74) is 8.27. The van der Waals surface area contributed by atoms with Gasteiger partial charge in [0.05, 0.1) is 6.10 Å². The smallest absolute Gasteiger partial charge is 0.224 e. The van der Waals surface area contributed by atoms with Gasteiger partial charge in [-0.1, -0.05) is 19.1 Å². The summed E-state index contributed by atoms with van der Waals surface area (Å²) in [6.45, 7) is 4.12. The van der Waals surface area contributed by atoms with Crippen molar-refractivity contribution >= 4 is 17.3 Å². The van der Waals surface area contributed by atoms with Crippen LogP contribution in [0.15, 0.2) is 48.5 Å².